The van der Waals surface area contributed by atoms with Crippen LogP contribution in [0, 0.1) is 5.92 Å². The van der Waals surface area contributed by atoms with Crippen LogP contribution in [0.1, 0.15) is 58.4 Å². The third kappa shape index (κ3) is 4.92. The van der Waals surface area contributed by atoms with Crippen molar-refractivity contribution in [3.63, 3.8) is 0 Å². The molecule has 0 spiro atoms. The molecule has 26 heavy (non-hydrogen) atoms. The van der Waals surface area contributed by atoms with Crippen LogP contribution in [0.4, 0.5) is 4.79 Å². The standard InChI is InChI=1S/C21H30NO2S2/c1-20(2,3)24-19(23)22-18-12-7-11-17(15-18)21(25-13-8-14-26-21)16-9-5-4-6-10-16/h4-6,9-10,18H,7-8,11-15H2,1-3H3,(H,22,23). The molecular weight excluding hydrogens is 362 g/mol. The number of amides is 1. The van der Waals surface area contributed by atoms with Crippen LogP contribution < -0.4 is 5.32 Å². The molecule has 1 amide bonds. The topological polar surface area (TPSA) is 38.3 Å². The van der Waals surface area contributed by atoms with Gasteiger partial charge in [0.05, 0.1) is 4.08 Å². The summed E-state index contributed by atoms with van der Waals surface area (Å²) in [4.78, 5) is 12.2. The van der Waals surface area contributed by atoms with E-state index < -0.39 is 5.60 Å². The molecule has 1 saturated heterocycles. The van der Waals surface area contributed by atoms with E-state index in [0.717, 1.165) is 25.7 Å². The Kier molecular flexibility index (Phi) is 6.50. The second kappa shape index (κ2) is 8.47. The summed E-state index contributed by atoms with van der Waals surface area (Å²) in [5.41, 5.74) is 0.952. The van der Waals surface area contributed by atoms with Crippen molar-refractivity contribution >= 4 is 29.6 Å². The van der Waals surface area contributed by atoms with Gasteiger partial charge in [-0.2, -0.15) is 0 Å². The SMILES string of the molecule is CC(C)(C)OC(=O)NC1CCC[C](C2(c3ccccc3)SCCCS2)C1. The predicted molar refractivity (Wildman–Crippen MR) is 113 cm³/mol. The molecule has 143 valence electrons. The number of hydrogen-bond acceptors (Lipinski definition) is 4. The van der Waals surface area contributed by atoms with Gasteiger partial charge in [-0.25, -0.2) is 4.79 Å². The Balaban J connectivity index is 1.73. The molecule has 0 aromatic heterocycles. The van der Waals surface area contributed by atoms with Gasteiger partial charge in [0.25, 0.3) is 0 Å². The zero-order valence-electron chi connectivity index (χ0n) is 16.0. The van der Waals surface area contributed by atoms with Crippen molar-refractivity contribution in [1.29, 1.82) is 0 Å². The van der Waals surface area contributed by atoms with Crippen molar-refractivity contribution in [3.8, 4) is 0 Å². The lowest BCUT2D eigenvalue weighted by Crippen LogP contribution is -2.44. The van der Waals surface area contributed by atoms with Crippen LogP contribution >= 0.6 is 23.5 Å². The zero-order chi connectivity index (χ0) is 18.6. The minimum absolute atomic E-state index is 0.0494. The second-order valence-electron chi connectivity index (χ2n) is 8.08. The van der Waals surface area contributed by atoms with Crippen molar-refractivity contribution in [3.05, 3.63) is 41.8 Å². The lowest BCUT2D eigenvalue weighted by atomic mass is 9.81. The highest BCUT2D eigenvalue weighted by Gasteiger charge is 2.45. The smallest absolute Gasteiger partial charge is 0.407 e. The van der Waals surface area contributed by atoms with Gasteiger partial charge < -0.3 is 10.1 Å². The highest BCUT2D eigenvalue weighted by atomic mass is 32.2. The Hall–Kier alpha value is -0.810. The first-order valence-corrected chi connectivity index (χ1v) is 11.5. The number of nitrogens with one attached hydrogen (secondary N) is 1. The maximum Gasteiger partial charge on any atom is 0.407 e. The van der Waals surface area contributed by atoms with E-state index in [0.29, 0.717) is 0 Å². The predicted octanol–water partition coefficient (Wildman–Crippen LogP) is 5.75. The van der Waals surface area contributed by atoms with E-state index in [1.165, 1.54) is 23.5 Å². The fourth-order valence-electron chi connectivity index (χ4n) is 3.72. The average Bonchev–Trinajstić information content (AvgIpc) is 2.61. The van der Waals surface area contributed by atoms with Crippen LogP contribution in [0.2, 0.25) is 0 Å². The molecule has 3 rings (SSSR count). The first kappa shape index (κ1) is 19.9. The summed E-state index contributed by atoms with van der Waals surface area (Å²) in [6, 6.07) is 11.1. The summed E-state index contributed by atoms with van der Waals surface area (Å²) in [5.74, 6) is 3.98. The molecule has 5 heteroatoms. The minimum Gasteiger partial charge on any atom is -0.444 e. The monoisotopic (exact) mass is 392 g/mol. The van der Waals surface area contributed by atoms with Crippen LogP contribution in [0.3, 0.4) is 0 Å². The number of thioether (sulfide) groups is 2. The second-order valence-corrected chi connectivity index (χ2v) is 11.0. The maximum absolute atomic E-state index is 12.2. The number of carbonyl (C=O) groups is 1. The summed E-state index contributed by atoms with van der Waals surface area (Å²) in [6.45, 7) is 5.72. The molecule has 2 aliphatic rings. The first-order valence-electron chi connectivity index (χ1n) is 9.57. The van der Waals surface area contributed by atoms with E-state index >= 15 is 0 Å². The van der Waals surface area contributed by atoms with E-state index in [9.17, 15) is 4.79 Å². The number of benzene rings is 1. The Morgan fingerprint density at radius 3 is 2.50 bits per heavy atom. The van der Waals surface area contributed by atoms with E-state index in [2.05, 4.69) is 59.2 Å². The van der Waals surface area contributed by atoms with Gasteiger partial charge >= 0.3 is 6.09 Å². The van der Waals surface area contributed by atoms with E-state index in [-0.39, 0.29) is 16.2 Å². The van der Waals surface area contributed by atoms with Crippen LogP contribution in [-0.2, 0) is 8.82 Å². The van der Waals surface area contributed by atoms with Gasteiger partial charge in [-0.15, -0.1) is 23.5 Å². The highest BCUT2D eigenvalue weighted by molar-refractivity contribution is 8.18. The van der Waals surface area contributed by atoms with Gasteiger partial charge in [-0.1, -0.05) is 36.8 Å². The molecule has 0 bridgehead atoms. The molecule has 1 saturated carbocycles. The summed E-state index contributed by atoms with van der Waals surface area (Å²) in [5, 5.41) is 3.11. The summed E-state index contributed by atoms with van der Waals surface area (Å²) >= 11 is 4.17. The third-order valence-corrected chi connectivity index (χ3v) is 8.32. The molecule has 3 nitrogen and oxygen atoms in total. The summed E-state index contributed by atoms with van der Waals surface area (Å²) < 4.78 is 5.51. The van der Waals surface area contributed by atoms with Gasteiger partial charge in [-0.05, 0) is 63.5 Å². The average molecular weight is 393 g/mol. The number of hydrogen-bond donors (Lipinski definition) is 1. The van der Waals surface area contributed by atoms with Gasteiger partial charge in [0, 0.05) is 12.0 Å². The molecule has 2 fully saturated rings. The number of carbonyl (C=O) groups excluding carboxylic acids is 1. The lowest BCUT2D eigenvalue weighted by molar-refractivity contribution is 0.0495. The molecule has 1 aromatic carbocycles. The molecule has 1 unspecified atom stereocenters. The van der Waals surface area contributed by atoms with Crippen molar-refractivity contribution in [2.45, 2.75) is 68.6 Å². The Labute approximate surface area is 166 Å². The Morgan fingerprint density at radius 2 is 1.85 bits per heavy atom. The van der Waals surface area contributed by atoms with Crippen molar-refractivity contribution < 1.29 is 9.53 Å². The van der Waals surface area contributed by atoms with Gasteiger partial charge in [0.2, 0.25) is 0 Å². The van der Waals surface area contributed by atoms with Crippen LogP contribution in [0.5, 0.6) is 0 Å². The molecule has 1 radical (unpaired) electrons. The van der Waals surface area contributed by atoms with Gasteiger partial charge in [-0.3, -0.25) is 0 Å². The number of alkyl carbamates (subject to hydrolysis) is 1. The van der Waals surface area contributed by atoms with E-state index in [4.69, 9.17) is 4.74 Å². The Bertz CT molecular complexity index is 594. The molecule has 1 aliphatic carbocycles. The van der Waals surface area contributed by atoms with Crippen LogP contribution in [0.25, 0.3) is 0 Å². The summed E-state index contributed by atoms with van der Waals surface area (Å²) in [6.07, 6.45) is 5.25. The maximum atomic E-state index is 12.2. The quantitative estimate of drug-likeness (QED) is 0.710. The van der Waals surface area contributed by atoms with Crippen molar-refractivity contribution in [2.24, 2.45) is 0 Å². The third-order valence-electron chi connectivity index (χ3n) is 4.76. The van der Waals surface area contributed by atoms with Gasteiger partial charge in [0.15, 0.2) is 0 Å². The van der Waals surface area contributed by atoms with Crippen LogP contribution in [-0.4, -0.2) is 29.2 Å². The van der Waals surface area contributed by atoms with Crippen molar-refractivity contribution in [1.82, 2.24) is 5.32 Å². The molecular formula is C21H30NO2S2. The molecule has 1 heterocycles. The fraction of sp³-hybridized carbons (Fsp3) is 0.619. The van der Waals surface area contributed by atoms with Gasteiger partial charge in [0.1, 0.15) is 5.60 Å². The number of rotatable bonds is 3. The fourth-order valence-corrected chi connectivity index (χ4v) is 7.28. The van der Waals surface area contributed by atoms with E-state index in [1.807, 2.05) is 20.8 Å². The zero-order valence-corrected chi connectivity index (χ0v) is 17.7. The van der Waals surface area contributed by atoms with E-state index in [1.54, 1.807) is 5.92 Å². The highest BCUT2D eigenvalue weighted by Crippen LogP contribution is 2.59. The Morgan fingerprint density at radius 1 is 1.15 bits per heavy atom. The van der Waals surface area contributed by atoms with Crippen LogP contribution in [0.15, 0.2) is 30.3 Å². The largest absolute Gasteiger partial charge is 0.444 e. The lowest BCUT2D eigenvalue weighted by Gasteiger charge is -2.45. The minimum atomic E-state index is -0.453. The van der Waals surface area contributed by atoms with Crippen molar-refractivity contribution in [2.75, 3.05) is 11.5 Å². The molecule has 1 atom stereocenters. The number of ether oxygens (including phenoxy) is 1. The first-order chi connectivity index (χ1) is 12.4. The molecule has 1 aromatic rings. The molecule has 1 N–H and O–H groups in total. The summed E-state index contributed by atoms with van der Waals surface area (Å²) in [7, 11) is 0. The molecule has 1 aliphatic heterocycles. The normalized spacial score (nSPS) is 24.0.